The highest BCUT2D eigenvalue weighted by Crippen LogP contribution is 2.31. The number of aryl methyl sites for hydroxylation is 1. The number of thiazole rings is 1. The van der Waals surface area contributed by atoms with E-state index in [0.717, 1.165) is 48.6 Å². The highest BCUT2D eigenvalue weighted by Gasteiger charge is 2.23. The number of methoxy groups -OCH3 is 1. The van der Waals surface area contributed by atoms with Gasteiger partial charge >= 0.3 is 0 Å². The molecule has 1 amide bonds. The summed E-state index contributed by atoms with van der Waals surface area (Å²) < 4.78 is 7.14. The molecule has 8 heteroatoms. The minimum absolute atomic E-state index is 0.227. The van der Waals surface area contributed by atoms with Crippen molar-refractivity contribution in [2.75, 3.05) is 25.5 Å². The number of hydrogen-bond acceptors (Lipinski definition) is 6. The number of ether oxygens (including phenoxy) is 1. The maximum Gasteiger partial charge on any atom is 0.261 e. The Labute approximate surface area is 203 Å². The lowest BCUT2D eigenvalue weighted by molar-refractivity contribution is 0.102. The van der Waals surface area contributed by atoms with Crippen molar-refractivity contribution in [1.29, 1.82) is 0 Å². The lowest BCUT2D eigenvalue weighted by atomic mass is 10.1. The number of carbonyl (C=O) groups is 1. The van der Waals surface area contributed by atoms with Gasteiger partial charge in [0.2, 0.25) is 0 Å². The molecule has 0 fully saturated rings. The number of rotatable bonds is 6. The van der Waals surface area contributed by atoms with Crippen molar-refractivity contribution in [1.82, 2.24) is 19.7 Å². The summed E-state index contributed by atoms with van der Waals surface area (Å²) in [7, 11) is 1.63. The minimum Gasteiger partial charge on any atom is -0.497 e. The Bertz CT molecular complexity index is 1330. The van der Waals surface area contributed by atoms with Gasteiger partial charge in [0.05, 0.1) is 24.1 Å². The molecule has 1 aliphatic heterocycles. The molecule has 2 aromatic carbocycles. The van der Waals surface area contributed by atoms with E-state index < -0.39 is 0 Å². The standard InChI is InChI=1S/C26H27N5O2S/c1-4-30-13-12-22-23(16-30)34-26(27-22)28-25(32)21-15-31(19-10-8-17(2)9-11-19)29-24(21)18-6-5-7-20(14-18)33-3/h5-11,14-15H,4,12-13,16H2,1-3H3,(H,27,28,32). The monoisotopic (exact) mass is 473 g/mol. The molecule has 0 aliphatic carbocycles. The van der Waals surface area contributed by atoms with Gasteiger partial charge in [0.1, 0.15) is 11.4 Å². The van der Waals surface area contributed by atoms with Crippen molar-refractivity contribution in [2.45, 2.75) is 26.8 Å². The van der Waals surface area contributed by atoms with Gasteiger partial charge in [0.15, 0.2) is 5.13 Å². The number of nitrogens with one attached hydrogen (secondary N) is 1. The first-order valence-electron chi connectivity index (χ1n) is 11.4. The predicted octanol–water partition coefficient (Wildman–Crippen LogP) is 4.94. The number of fused-ring (bicyclic) bond motifs is 1. The number of amides is 1. The van der Waals surface area contributed by atoms with E-state index in [4.69, 9.17) is 14.8 Å². The molecule has 174 valence electrons. The fourth-order valence-corrected chi connectivity index (χ4v) is 5.14. The molecule has 0 radical (unpaired) electrons. The van der Waals surface area contributed by atoms with Crippen LogP contribution in [0.2, 0.25) is 0 Å². The van der Waals surface area contributed by atoms with Crippen molar-refractivity contribution in [3.8, 4) is 22.7 Å². The van der Waals surface area contributed by atoms with E-state index in [2.05, 4.69) is 17.1 Å². The number of anilines is 1. The SMILES string of the molecule is CCN1CCc2nc(NC(=O)c3cn(-c4ccc(C)cc4)nc3-c3cccc(OC)c3)sc2C1. The minimum atomic E-state index is -0.227. The first kappa shape index (κ1) is 22.3. The Kier molecular flexibility index (Phi) is 6.17. The molecule has 0 spiro atoms. The average Bonchev–Trinajstić information content (AvgIpc) is 3.48. The molecule has 5 rings (SSSR count). The van der Waals surface area contributed by atoms with E-state index >= 15 is 0 Å². The normalized spacial score (nSPS) is 13.5. The van der Waals surface area contributed by atoms with E-state index in [0.29, 0.717) is 22.1 Å². The summed E-state index contributed by atoms with van der Waals surface area (Å²) in [5, 5.41) is 8.44. The zero-order chi connectivity index (χ0) is 23.7. The van der Waals surface area contributed by atoms with Crippen molar-refractivity contribution in [3.05, 3.63) is 76.4 Å². The van der Waals surface area contributed by atoms with Gasteiger partial charge in [-0.15, -0.1) is 11.3 Å². The molecule has 2 aromatic heterocycles. The van der Waals surface area contributed by atoms with Gasteiger partial charge in [0, 0.05) is 36.1 Å². The summed E-state index contributed by atoms with van der Waals surface area (Å²) in [6.07, 6.45) is 2.69. The number of hydrogen-bond donors (Lipinski definition) is 1. The van der Waals surface area contributed by atoms with Crippen molar-refractivity contribution in [3.63, 3.8) is 0 Å². The van der Waals surface area contributed by atoms with Gasteiger partial charge in [-0.3, -0.25) is 15.0 Å². The summed E-state index contributed by atoms with van der Waals surface area (Å²) >= 11 is 1.56. The Hall–Kier alpha value is -3.49. The molecule has 7 nitrogen and oxygen atoms in total. The van der Waals surface area contributed by atoms with Crippen LogP contribution in [0.3, 0.4) is 0 Å². The van der Waals surface area contributed by atoms with E-state index in [1.54, 1.807) is 29.3 Å². The van der Waals surface area contributed by atoms with Crippen LogP contribution in [0.25, 0.3) is 16.9 Å². The maximum atomic E-state index is 13.5. The maximum absolute atomic E-state index is 13.5. The van der Waals surface area contributed by atoms with E-state index in [-0.39, 0.29) is 5.91 Å². The first-order valence-corrected chi connectivity index (χ1v) is 12.2. The van der Waals surface area contributed by atoms with Gasteiger partial charge < -0.3 is 4.74 Å². The molecule has 1 N–H and O–H groups in total. The third-order valence-corrected chi connectivity index (χ3v) is 7.08. The topological polar surface area (TPSA) is 72.3 Å². The van der Waals surface area contributed by atoms with Gasteiger partial charge in [0.25, 0.3) is 5.91 Å². The fraction of sp³-hybridized carbons (Fsp3) is 0.269. The lowest BCUT2D eigenvalue weighted by Gasteiger charge is -2.23. The fourth-order valence-electron chi connectivity index (χ4n) is 4.09. The second-order valence-electron chi connectivity index (χ2n) is 8.37. The molecular formula is C26H27N5O2S. The van der Waals surface area contributed by atoms with Gasteiger partial charge in [-0.05, 0) is 37.7 Å². The summed E-state index contributed by atoms with van der Waals surface area (Å²) in [5.74, 6) is 0.483. The van der Waals surface area contributed by atoms with Crippen LogP contribution in [0.4, 0.5) is 5.13 Å². The predicted molar refractivity (Wildman–Crippen MR) is 135 cm³/mol. The highest BCUT2D eigenvalue weighted by atomic mass is 32.1. The lowest BCUT2D eigenvalue weighted by Crippen LogP contribution is -2.29. The molecule has 4 aromatic rings. The van der Waals surface area contributed by atoms with Crippen LogP contribution in [-0.4, -0.2) is 45.8 Å². The zero-order valence-corrected chi connectivity index (χ0v) is 20.4. The second-order valence-corrected chi connectivity index (χ2v) is 9.45. The summed E-state index contributed by atoms with van der Waals surface area (Å²) in [6.45, 7) is 7.12. The van der Waals surface area contributed by atoms with Crippen LogP contribution in [0.1, 0.15) is 33.4 Å². The van der Waals surface area contributed by atoms with E-state index in [1.807, 2.05) is 55.5 Å². The van der Waals surface area contributed by atoms with E-state index in [9.17, 15) is 4.79 Å². The number of aromatic nitrogens is 3. The third-order valence-electron chi connectivity index (χ3n) is 6.08. The number of nitrogens with zero attached hydrogens (tertiary/aromatic N) is 4. The van der Waals surface area contributed by atoms with Gasteiger partial charge in [-0.25, -0.2) is 9.67 Å². The molecule has 3 heterocycles. The first-order chi connectivity index (χ1) is 16.5. The number of carbonyl (C=O) groups excluding carboxylic acids is 1. The Morgan fingerprint density at radius 3 is 2.79 bits per heavy atom. The molecule has 34 heavy (non-hydrogen) atoms. The van der Waals surface area contributed by atoms with Crippen molar-refractivity contribution >= 4 is 22.4 Å². The Balaban J connectivity index is 1.50. The quantitative estimate of drug-likeness (QED) is 0.429. The molecule has 0 unspecified atom stereocenters. The summed E-state index contributed by atoms with van der Waals surface area (Å²) in [4.78, 5) is 21.8. The van der Waals surface area contributed by atoms with Gasteiger partial charge in [-0.2, -0.15) is 5.10 Å². The summed E-state index contributed by atoms with van der Waals surface area (Å²) in [6, 6.07) is 15.6. The smallest absolute Gasteiger partial charge is 0.261 e. The Morgan fingerprint density at radius 2 is 2.03 bits per heavy atom. The van der Waals surface area contributed by atoms with Crippen LogP contribution in [0.5, 0.6) is 5.75 Å². The number of benzene rings is 2. The molecule has 0 bridgehead atoms. The van der Waals surface area contributed by atoms with Crippen molar-refractivity contribution < 1.29 is 9.53 Å². The molecule has 0 atom stereocenters. The third kappa shape index (κ3) is 4.47. The van der Waals surface area contributed by atoms with E-state index in [1.165, 1.54) is 4.88 Å². The Morgan fingerprint density at radius 1 is 1.21 bits per heavy atom. The molecule has 1 aliphatic rings. The van der Waals surface area contributed by atoms with Gasteiger partial charge in [-0.1, -0.05) is 36.8 Å². The average molecular weight is 474 g/mol. The van der Waals surface area contributed by atoms with Crippen LogP contribution in [0, 0.1) is 6.92 Å². The largest absolute Gasteiger partial charge is 0.497 e. The zero-order valence-electron chi connectivity index (χ0n) is 19.5. The van der Waals surface area contributed by atoms with Crippen molar-refractivity contribution in [2.24, 2.45) is 0 Å². The van der Waals surface area contributed by atoms with Crippen LogP contribution in [-0.2, 0) is 13.0 Å². The number of likely N-dealkylation sites (N-methyl/N-ethyl adjacent to an activating group) is 1. The molecule has 0 saturated heterocycles. The van der Waals surface area contributed by atoms with Crippen LogP contribution in [0.15, 0.2) is 54.7 Å². The second kappa shape index (κ2) is 9.40. The molecular weight excluding hydrogens is 446 g/mol. The molecule has 0 saturated carbocycles. The van der Waals surface area contributed by atoms with Crippen LogP contribution < -0.4 is 10.1 Å². The highest BCUT2D eigenvalue weighted by molar-refractivity contribution is 7.15. The summed E-state index contributed by atoms with van der Waals surface area (Å²) in [5.41, 5.74) is 5.03. The van der Waals surface area contributed by atoms with Crippen LogP contribution >= 0.6 is 11.3 Å².